The second-order valence-corrected chi connectivity index (χ2v) is 7.22. The average Bonchev–Trinajstić information content (AvgIpc) is 3.05. The van der Waals surface area contributed by atoms with Crippen LogP contribution in [0.3, 0.4) is 0 Å². The first-order valence-electron chi connectivity index (χ1n) is 8.49. The van der Waals surface area contributed by atoms with E-state index in [0.717, 1.165) is 12.1 Å². The Morgan fingerprint density at radius 1 is 1.15 bits per heavy atom. The van der Waals surface area contributed by atoms with Gasteiger partial charge in [0.05, 0.1) is 5.25 Å². The Bertz CT molecular complexity index is 921. The van der Waals surface area contributed by atoms with E-state index >= 15 is 0 Å². The Labute approximate surface area is 156 Å². The summed E-state index contributed by atoms with van der Waals surface area (Å²) < 4.78 is 1.86. The number of hydrogen-bond acceptors (Lipinski definition) is 5. The maximum absolute atomic E-state index is 12.7. The molecular weight excluding hydrogens is 348 g/mol. The van der Waals surface area contributed by atoms with Crippen molar-refractivity contribution in [2.45, 2.75) is 37.1 Å². The number of carbonyl (C=O) groups excluding carboxylic acids is 2. The second-order valence-electron chi connectivity index (χ2n) is 5.91. The first kappa shape index (κ1) is 18.1. The van der Waals surface area contributed by atoms with Crippen molar-refractivity contribution in [3.8, 4) is 0 Å². The smallest absolute Gasteiger partial charge is 0.224 e. The molecule has 1 atom stereocenters. The fourth-order valence-electron chi connectivity index (χ4n) is 2.51. The number of Topliss-reactive ketones (excluding diaryl/α,β-unsaturated/α-hetero) is 1. The molecule has 0 aliphatic carbocycles. The van der Waals surface area contributed by atoms with Crippen LogP contribution in [0.2, 0.25) is 0 Å². The molecule has 1 aromatic carbocycles. The number of hydrogen-bond donors (Lipinski definition) is 1. The molecule has 0 bridgehead atoms. The summed E-state index contributed by atoms with van der Waals surface area (Å²) >= 11 is 1.37. The zero-order valence-electron chi connectivity index (χ0n) is 14.7. The Hall–Kier alpha value is -2.67. The molecule has 1 unspecified atom stereocenters. The molecule has 0 radical (unpaired) electrons. The van der Waals surface area contributed by atoms with E-state index in [-0.39, 0.29) is 16.9 Å². The van der Waals surface area contributed by atoms with Crippen LogP contribution < -0.4 is 5.32 Å². The summed E-state index contributed by atoms with van der Waals surface area (Å²) in [6.07, 6.45) is 3.16. The molecule has 0 aliphatic rings. The van der Waals surface area contributed by atoms with E-state index in [9.17, 15) is 9.59 Å². The van der Waals surface area contributed by atoms with E-state index in [0.29, 0.717) is 22.8 Å². The highest BCUT2D eigenvalue weighted by Gasteiger charge is 2.19. The highest BCUT2D eigenvalue weighted by molar-refractivity contribution is 8.00. The lowest BCUT2D eigenvalue weighted by Crippen LogP contribution is -2.14. The number of fused-ring (bicyclic) bond motifs is 1. The van der Waals surface area contributed by atoms with Gasteiger partial charge in [0.1, 0.15) is 0 Å². The van der Waals surface area contributed by atoms with E-state index in [1.807, 2.05) is 42.6 Å². The summed E-state index contributed by atoms with van der Waals surface area (Å²) in [5.41, 5.74) is 2.05. The van der Waals surface area contributed by atoms with Crippen LogP contribution in [0, 0.1) is 0 Å². The van der Waals surface area contributed by atoms with Crippen molar-refractivity contribution in [3.05, 3.63) is 54.2 Å². The highest BCUT2D eigenvalue weighted by Crippen LogP contribution is 2.25. The van der Waals surface area contributed by atoms with Crippen molar-refractivity contribution in [1.82, 2.24) is 14.6 Å². The first-order chi connectivity index (χ1) is 12.6. The van der Waals surface area contributed by atoms with Crippen molar-refractivity contribution in [1.29, 1.82) is 0 Å². The molecule has 3 aromatic rings. The number of aromatic nitrogens is 3. The van der Waals surface area contributed by atoms with Gasteiger partial charge in [0.2, 0.25) is 5.91 Å². The topological polar surface area (TPSA) is 76.4 Å². The first-order valence-corrected chi connectivity index (χ1v) is 9.37. The van der Waals surface area contributed by atoms with Crippen molar-refractivity contribution in [2.75, 3.05) is 5.32 Å². The summed E-state index contributed by atoms with van der Waals surface area (Å²) in [4.78, 5) is 24.3. The number of ketones is 1. The van der Waals surface area contributed by atoms with Gasteiger partial charge < -0.3 is 5.32 Å². The van der Waals surface area contributed by atoms with Gasteiger partial charge in [0.25, 0.3) is 0 Å². The van der Waals surface area contributed by atoms with E-state index < -0.39 is 0 Å². The Kier molecular flexibility index (Phi) is 5.68. The zero-order valence-corrected chi connectivity index (χ0v) is 15.5. The normalized spacial score (nSPS) is 12.1. The summed E-state index contributed by atoms with van der Waals surface area (Å²) in [6.45, 7) is 3.81. The van der Waals surface area contributed by atoms with Crippen LogP contribution in [0.4, 0.5) is 5.69 Å². The lowest BCUT2D eigenvalue weighted by atomic mass is 10.1. The van der Waals surface area contributed by atoms with Gasteiger partial charge in [-0.3, -0.25) is 14.0 Å². The molecule has 0 spiro atoms. The van der Waals surface area contributed by atoms with Gasteiger partial charge in [-0.2, -0.15) is 0 Å². The number of rotatable bonds is 7. The number of amides is 1. The molecule has 0 saturated carbocycles. The van der Waals surface area contributed by atoms with Crippen LogP contribution in [0.25, 0.3) is 5.65 Å². The van der Waals surface area contributed by atoms with Gasteiger partial charge >= 0.3 is 0 Å². The van der Waals surface area contributed by atoms with E-state index in [1.54, 1.807) is 24.3 Å². The van der Waals surface area contributed by atoms with Gasteiger partial charge in [-0.05, 0) is 49.7 Å². The number of thioether (sulfide) groups is 1. The SMILES string of the molecule is CCCC(=O)Nc1ccc(C(=O)C(C)Sc2nnc3ccccn23)cc1. The van der Waals surface area contributed by atoms with E-state index in [4.69, 9.17) is 0 Å². The predicted octanol–water partition coefficient (Wildman–Crippen LogP) is 3.83. The molecule has 134 valence electrons. The lowest BCUT2D eigenvalue weighted by Gasteiger charge is -2.10. The van der Waals surface area contributed by atoms with Crippen LogP contribution in [0.5, 0.6) is 0 Å². The van der Waals surface area contributed by atoms with Gasteiger partial charge in [0, 0.05) is 23.9 Å². The molecule has 0 saturated heterocycles. The fraction of sp³-hybridized carbons (Fsp3) is 0.263. The van der Waals surface area contributed by atoms with Gasteiger partial charge in [-0.1, -0.05) is 24.8 Å². The predicted molar refractivity (Wildman–Crippen MR) is 103 cm³/mol. The molecule has 0 aliphatic heterocycles. The highest BCUT2D eigenvalue weighted by atomic mass is 32.2. The molecule has 2 heterocycles. The maximum atomic E-state index is 12.7. The van der Waals surface area contributed by atoms with Crippen LogP contribution in [-0.2, 0) is 4.79 Å². The van der Waals surface area contributed by atoms with Crippen LogP contribution >= 0.6 is 11.8 Å². The average molecular weight is 368 g/mol. The number of nitrogens with zero attached hydrogens (tertiary/aromatic N) is 3. The molecule has 26 heavy (non-hydrogen) atoms. The maximum Gasteiger partial charge on any atom is 0.224 e. The number of anilines is 1. The number of pyridine rings is 1. The van der Waals surface area contributed by atoms with E-state index in [2.05, 4.69) is 15.5 Å². The number of benzene rings is 1. The van der Waals surface area contributed by atoms with Crippen LogP contribution in [0.15, 0.2) is 53.8 Å². The molecule has 0 fully saturated rings. The monoisotopic (exact) mass is 368 g/mol. The Morgan fingerprint density at radius 3 is 2.65 bits per heavy atom. The van der Waals surface area contributed by atoms with Crippen molar-refractivity contribution in [2.24, 2.45) is 0 Å². The van der Waals surface area contributed by atoms with Gasteiger partial charge in [-0.25, -0.2) is 0 Å². The Balaban J connectivity index is 1.67. The third-order valence-electron chi connectivity index (χ3n) is 3.86. The summed E-state index contributed by atoms with van der Waals surface area (Å²) in [5.74, 6) is -0.0108. The quantitative estimate of drug-likeness (QED) is 0.507. The van der Waals surface area contributed by atoms with Crippen LogP contribution in [-0.4, -0.2) is 31.5 Å². The van der Waals surface area contributed by atoms with E-state index in [1.165, 1.54) is 11.8 Å². The number of nitrogens with one attached hydrogen (secondary N) is 1. The standard InChI is InChI=1S/C19H20N4O2S/c1-3-6-17(24)20-15-10-8-14(9-11-15)18(25)13(2)26-19-22-21-16-7-4-5-12-23(16)19/h4-5,7-13H,3,6H2,1-2H3,(H,20,24). The van der Waals surface area contributed by atoms with Gasteiger partial charge in [0.15, 0.2) is 16.6 Å². The summed E-state index contributed by atoms with van der Waals surface area (Å²) in [5, 5.41) is 11.5. The molecule has 7 heteroatoms. The van der Waals surface area contributed by atoms with Crippen molar-refractivity contribution >= 4 is 34.8 Å². The molecule has 1 amide bonds. The molecule has 1 N–H and O–H groups in total. The zero-order chi connectivity index (χ0) is 18.5. The minimum absolute atomic E-state index is 0.00844. The largest absolute Gasteiger partial charge is 0.326 e. The number of carbonyl (C=O) groups is 2. The van der Waals surface area contributed by atoms with Crippen LogP contribution in [0.1, 0.15) is 37.0 Å². The fourth-order valence-corrected chi connectivity index (χ4v) is 3.43. The minimum Gasteiger partial charge on any atom is -0.326 e. The molecule has 2 aromatic heterocycles. The van der Waals surface area contributed by atoms with Crippen molar-refractivity contribution in [3.63, 3.8) is 0 Å². The molecule has 3 rings (SSSR count). The van der Waals surface area contributed by atoms with Gasteiger partial charge in [-0.15, -0.1) is 10.2 Å². The summed E-state index contributed by atoms with van der Waals surface area (Å²) in [6, 6.07) is 12.7. The van der Waals surface area contributed by atoms with Crippen molar-refractivity contribution < 1.29 is 9.59 Å². The summed E-state index contributed by atoms with van der Waals surface area (Å²) in [7, 11) is 0. The lowest BCUT2D eigenvalue weighted by molar-refractivity contribution is -0.116. The third-order valence-corrected chi connectivity index (χ3v) is 4.92. The second kappa shape index (κ2) is 8.14. The molecule has 6 nitrogen and oxygen atoms in total. The minimum atomic E-state index is -0.303. The molecular formula is C19H20N4O2S. The Morgan fingerprint density at radius 2 is 1.92 bits per heavy atom. The third kappa shape index (κ3) is 4.11.